The maximum Gasteiger partial charge on any atom is 0.0657 e. The molecule has 0 aromatic rings. The number of carbonyl (C=O) groups excluding carboxylic acids is 1. The smallest absolute Gasteiger partial charge is 0.0657 e. The Morgan fingerprint density at radius 2 is 2.12 bits per heavy atom. The number of rotatable bonds is 4. The first kappa shape index (κ1) is 13.5. The summed E-state index contributed by atoms with van der Waals surface area (Å²) in [5.74, 6) is -0.589. The van der Waals surface area contributed by atoms with Crippen LogP contribution in [0.15, 0.2) is 0 Å². The van der Waals surface area contributed by atoms with Gasteiger partial charge in [-0.15, -0.1) is 0 Å². The van der Waals surface area contributed by atoms with E-state index in [1.807, 2.05) is 0 Å². The fourth-order valence-corrected chi connectivity index (χ4v) is 2.75. The van der Waals surface area contributed by atoms with E-state index in [9.17, 15) is 9.90 Å². The minimum Gasteiger partial charge on any atom is -0.550 e. The Morgan fingerprint density at radius 1 is 1.50 bits per heavy atom. The molecule has 16 heavy (non-hydrogen) atoms. The first-order valence-corrected chi connectivity index (χ1v) is 6.17. The molecule has 2 atom stereocenters. The van der Waals surface area contributed by atoms with Gasteiger partial charge in [-0.2, -0.15) is 0 Å². The third-order valence-electron chi connectivity index (χ3n) is 4.25. The highest BCUT2D eigenvalue weighted by Gasteiger charge is 2.44. The zero-order chi connectivity index (χ0) is 12.4. The number of hydrogen-bond acceptors (Lipinski definition) is 3. The van der Waals surface area contributed by atoms with Crippen LogP contribution in [-0.2, 0) is 9.53 Å². The average Bonchev–Trinajstić information content (AvgIpc) is 2.16. The molecule has 0 radical (unpaired) electrons. The van der Waals surface area contributed by atoms with Gasteiger partial charge >= 0.3 is 0 Å². The van der Waals surface area contributed by atoms with Crippen molar-refractivity contribution in [2.75, 3.05) is 6.61 Å². The van der Waals surface area contributed by atoms with Gasteiger partial charge in [0.1, 0.15) is 0 Å². The lowest BCUT2D eigenvalue weighted by Gasteiger charge is -2.49. The van der Waals surface area contributed by atoms with Crippen molar-refractivity contribution < 1.29 is 14.6 Å². The predicted octanol–water partition coefficient (Wildman–Crippen LogP) is 1.75. The van der Waals surface area contributed by atoms with Crippen molar-refractivity contribution in [3.05, 3.63) is 0 Å². The Bertz CT molecular complexity index is 262. The number of aliphatic carboxylic acids is 1. The van der Waals surface area contributed by atoms with E-state index in [4.69, 9.17) is 4.74 Å². The van der Waals surface area contributed by atoms with E-state index >= 15 is 0 Å². The molecule has 0 amide bonds. The summed E-state index contributed by atoms with van der Waals surface area (Å²) in [4.78, 5) is 10.9. The Labute approximate surface area is 98.2 Å². The number of ether oxygens (including phenoxy) is 1. The van der Waals surface area contributed by atoms with Crippen molar-refractivity contribution in [3.8, 4) is 0 Å². The van der Waals surface area contributed by atoms with Crippen LogP contribution < -0.4 is 5.11 Å². The zero-order valence-electron chi connectivity index (χ0n) is 10.8. The van der Waals surface area contributed by atoms with E-state index in [2.05, 4.69) is 27.7 Å². The number of carboxylic acids is 1. The third kappa shape index (κ3) is 2.76. The largest absolute Gasteiger partial charge is 0.550 e. The molecule has 1 rings (SSSR count). The number of carbonyl (C=O) groups is 1. The van der Waals surface area contributed by atoms with E-state index in [1.165, 1.54) is 0 Å². The Hall–Kier alpha value is -0.570. The van der Waals surface area contributed by atoms with E-state index in [0.717, 1.165) is 19.3 Å². The van der Waals surface area contributed by atoms with E-state index < -0.39 is 5.97 Å². The van der Waals surface area contributed by atoms with Crippen molar-refractivity contribution in [2.24, 2.45) is 11.3 Å². The summed E-state index contributed by atoms with van der Waals surface area (Å²) in [6, 6.07) is 0. The van der Waals surface area contributed by atoms with Gasteiger partial charge in [-0.3, -0.25) is 0 Å². The van der Waals surface area contributed by atoms with Crippen LogP contribution in [0.4, 0.5) is 0 Å². The molecular formula is C13H23O3-. The summed E-state index contributed by atoms with van der Waals surface area (Å²) in [5, 5.41) is 10.9. The second-order valence-electron chi connectivity index (χ2n) is 5.64. The average molecular weight is 227 g/mol. The molecule has 0 N–H and O–H groups in total. The predicted molar refractivity (Wildman–Crippen MR) is 60.8 cm³/mol. The highest BCUT2D eigenvalue weighted by atomic mass is 16.5. The summed E-state index contributed by atoms with van der Waals surface area (Å²) < 4.78 is 5.79. The van der Waals surface area contributed by atoms with E-state index in [-0.39, 0.29) is 17.4 Å². The molecule has 1 saturated heterocycles. The quantitative estimate of drug-likeness (QED) is 0.735. The fraction of sp³-hybridized carbons (Fsp3) is 0.923. The standard InChI is InChI=1S/C13H24O3/c1-5-12(4)9-13(10(2)3,6-7-16-12)8-11(14)15/h10H,5-9H2,1-4H3,(H,14,15)/p-1/t12-,13-/m1/s1. The van der Waals surface area contributed by atoms with Crippen LogP contribution in [0.2, 0.25) is 0 Å². The van der Waals surface area contributed by atoms with Crippen LogP contribution in [0.5, 0.6) is 0 Å². The topological polar surface area (TPSA) is 49.4 Å². The summed E-state index contributed by atoms with van der Waals surface area (Å²) >= 11 is 0. The molecule has 0 saturated carbocycles. The highest BCUT2D eigenvalue weighted by molar-refractivity contribution is 5.65. The van der Waals surface area contributed by atoms with Crippen LogP contribution in [0.3, 0.4) is 0 Å². The van der Waals surface area contributed by atoms with Gasteiger partial charge in [0.05, 0.1) is 5.60 Å². The zero-order valence-corrected chi connectivity index (χ0v) is 10.8. The normalized spacial score (nSPS) is 35.3. The molecule has 3 heteroatoms. The lowest BCUT2D eigenvalue weighted by Crippen LogP contribution is -2.48. The SMILES string of the molecule is CC[C@]1(C)C[C@@](CC(=O)[O-])(C(C)C)CCO1. The molecule has 0 aromatic carbocycles. The van der Waals surface area contributed by atoms with Gasteiger partial charge in [-0.25, -0.2) is 0 Å². The molecular weight excluding hydrogens is 204 g/mol. The second-order valence-corrected chi connectivity index (χ2v) is 5.64. The van der Waals surface area contributed by atoms with Crippen molar-refractivity contribution >= 4 is 5.97 Å². The van der Waals surface area contributed by atoms with Crippen LogP contribution >= 0.6 is 0 Å². The Morgan fingerprint density at radius 3 is 2.56 bits per heavy atom. The molecule has 0 unspecified atom stereocenters. The van der Waals surface area contributed by atoms with Crippen LogP contribution in [0.25, 0.3) is 0 Å². The maximum absolute atomic E-state index is 10.9. The summed E-state index contributed by atoms with van der Waals surface area (Å²) in [5.41, 5.74) is -0.320. The maximum atomic E-state index is 10.9. The van der Waals surface area contributed by atoms with Gasteiger partial charge in [0, 0.05) is 12.6 Å². The molecule has 1 fully saturated rings. The molecule has 94 valence electrons. The molecule has 1 aliphatic heterocycles. The number of hydrogen-bond donors (Lipinski definition) is 0. The van der Waals surface area contributed by atoms with Crippen molar-refractivity contribution in [1.29, 1.82) is 0 Å². The fourth-order valence-electron chi connectivity index (χ4n) is 2.75. The van der Waals surface area contributed by atoms with Crippen LogP contribution in [-0.4, -0.2) is 18.2 Å². The van der Waals surface area contributed by atoms with Gasteiger partial charge in [0.25, 0.3) is 0 Å². The Balaban J connectivity index is 2.88. The number of carboxylic acid groups (broad SMARTS) is 1. The van der Waals surface area contributed by atoms with Crippen molar-refractivity contribution in [3.63, 3.8) is 0 Å². The van der Waals surface area contributed by atoms with Gasteiger partial charge in [-0.05, 0) is 43.9 Å². The molecule has 0 spiro atoms. The molecule has 0 aliphatic carbocycles. The molecule has 0 bridgehead atoms. The molecule has 3 nitrogen and oxygen atoms in total. The monoisotopic (exact) mass is 227 g/mol. The van der Waals surface area contributed by atoms with Gasteiger partial charge in [-0.1, -0.05) is 20.8 Å². The van der Waals surface area contributed by atoms with E-state index in [0.29, 0.717) is 12.5 Å². The third-order valence-corrected chi connectivity index (χ3v) is 4.25. The second kappa shape index (κ2) is 4.74. The summed E-state index contributed by atoms with van der Waals surface area (Å²) in [6.45, 7) is 9.04. The van der Waals surface area contributed by atoms with Gasteiger partial charge < -0.3 is 14.6 Å². The van der Waals surface area contributed by atoms with Crippen LogP contribution in [0.1, 0.15) is 53.4 Å². The molecule has 1 aliphatic rings. The lowest BCUT2D eigenvalue weighted by atomic mass is 9.64. The summed E-state index contributed by atoms with van der Waals surface area (Å²) in [7, 11) is 0. The van der Waals surface area contributed by atoms with Gasteiger partial charge in [0.15, 0.2) is 0 Å². The van der Waals surface area contributed by atoms with Crippen LogP contribution in [0, 0.1) is 11.3 Å². The highest BCUT2D eigenvalue weighted by Crippen LogP contribution is 2.47. The first-order chi connectivity index (χ1) is 7.33. The minimum absolute atomic E-state index is 0.151. The Kier molecular flexibility index (Phi) is 4.00. The van der Waals surface area contributed by atoms with E-state index in [1.54, 1.807) is 0 Å². The first-order valence-electron chi connectivity index (χ1n) is 6.17. The minimum atomic E-state index is -0.936. The van der Waals surface area contributed by atoms with Crippen molar-refractivity contribution in [2.45, 2.75) is 59.0 Å². The lowest BCUT2D eigenvalue weighted by molar-refractivity contribution is -0.310. The van der Waals surface area contributed by atoms with Crippen molar-refractivity contribution in [1.82, 2.24) is 0 Å². The van der Waals surface area contributed by atoms with Gasteiger partial charge in [0.2, 0.25) is 0 Å². The summed E-state index contributed by atoms with van der Waals surface area (Å²) in [6.07, 6.45) is 2.73. The molecule has 1 heterocycles. The molecule has 0 aromatic heterocycles.